The van der Waals surface area contributed by atoms with Gasteiger partial charge in [0.25, 0.3) is 0 Å². The van der Waals surface area contributed by atoms with E-state index in [0.717, 1.165) is 18.4 Å². The normalized spacial score (nSPS) is 16.1. The SMILES string of the molecule is CNCc1cc(F)cnc1OC1CCC1. The summed E-state index contributed by atoms with van der Waals surface area (Å²) < 4.78 is 18.6. The first kappa shape index (κ1) is 10.4. The quantitative estimate of drug-likeness (QED) is 0.823. The molecule has 2 rings (SSSR count). The number of nitrogens with zero attached hydrogens (tertiary/aromatic N) is 1. The molecule has 1 aliphatic carbocycles. The van der Waals surface area contributed by atoms with Crippen LogP contribution in [0.25, 0.3) is 0 Å². The molecule has 0 amide bonds. The maximum Gasteiger partial charge on any atom is 0.218 e. The van der Waals surface area contributed by atoms with Gasteiger partial charge in [-0.05, 0) is 32.4 Å². The van der Waals surface area contributed by atoms with Gasteiger partial charge in [-0.25, -0.2) is 9.37 Å². The van der Waals surface area contributed by atoms with Crippen molar-refractivity contribution in [1.29, 1.82) is 0 Å². The molecule has 4 heteroatoms. The Balaban J connectivity index is 2.12. The predicted octanol–water partition coefficient (Wildman–Crippen LogP) is 1.87. The lowest BCUT2D eigenvalue weighted by Gasteiger charge is -2.26. The molecule has 0 atom stereocenters. The molecule has 0 radical (unpaired) electrons. The van der Waals surface area contributed by atoms with Crippen LogP contribution in [0.3, 0.4) is 0 Å². The molecule has 1 aromatic heterocycles. The first-order valence-electron chi connectivity index (χ1n) is 5.25. The lowest BCUT2D eigenvalue weighted by molar-refractivity contribution is 0.113. The molecule has 15 heavy (non-hydrogen) atoms. The molecular formula is C11H15FN2O. The summed E-state index contributed by atoms with van der Waals surface area (Å²) in [4.78, 5) is 3.98. The standard InChI is InChI=1S/C11H15FN2O/c1-13-6-8-5-9(12)7-14-11(8)15-10-3-2-4-10/h5,7,10,13H,2-4,6H2,1H3. The minimum atomic E-state index is -0.318. The van der Waals surface area contributed by atoms with Gasteiger partial charge in [-0.1, -0.05) is 0 Å². The van der Waals surface area contributed by atoms with Gasteiger partial charge >= 0.3 is 0 Å². The second-order valence-corrected chi connectivity index (χ2v) is 3.82. The highest BCUT2D eigenvalue weighted by molar-refractivity contribution is 5.26. The zero-order chi connectivity index (χ0) is 10.7. The van der Waals surface area contributed by atoms with Crippen LogP contribution in [0.4, 0.5) is 4.39 Å². The summed E-state index contributed by atoms with van der Waals surface area (Å²) in [6.07, 6.45) is 4.86. The maximum absolute atomic E-state index is 13.0. The van der Waals surface area contributed by atoms with Crippen molar-refractivity contribution in [2.75, 3.05) is 7.05 Å². The van der Waals surface area contributed by atoms with Crippen LogP contribution in [0.2, 0.25) is 0 Å². The molecule has 0 aliphatic heterocycles. The van der Waals surface area contributed by atoms with Gasteiger partial charge in [0.05, 0.1) is 6.20 Å². The van der Waals surface area contributed by atoms with Gasteiger partial charge in [0, 0.05) is 12.1 Å². The van der Waals surface area contributed by atoms with Crippen molar-refractivity contribution in [1.82, 2.24) is 10.3 Å². The first-order valence-corrected chi connectivity index (χ1v) is 5.25. The maximum atomic E-state index is 13.0. The van der Waals surface area contributed by atoms with Gasteiger partial charge in [0.2, 0.25) is 5.88 Å². The Hall–Kier alpha value is -1.16. The van der Waals surface area contributed by atoms with E-state index in [1.165, 1.54) is 18.7 Å². The molecule has 0 spiro atoms. The second kappa shape index (κ2) is 4.57. The molecule has 1 aliphatic rings. The molecule has 0 unspecified atom stereocenters. The molecule has 0 aromatic carbocycles. The highest BCUT2D eigenvalue weighted by atomic mass is 19.1. The third kappa shape index (κ3) is 2.45. The van der Waals surface area contributed by atoms with Gasteiger partial charge in [0.1, 0.15) is 11.9 Å². The lowest BCUT2D eigenvalue weighted by atomic mass is 9.96. The largest absolute Gasteiger partial charge is 0.474 e. The second-order valence-electron chi connectivity index (χ2n) is 3.82. The molecule has 1 fully saturated rings. The topological polar surface area (TPSA) is 34.2 Å². The zero-order valence-corrected chi connectivity index (χ0v) is 8.79. The Morgan fingerprint density at radius 3 is 3.00 bits per heavy atom. The number of pyridine rings is 1. The Bertz CT molecular complexity index is 339. The van der Waals surface area contributed by atoms with E-state index in [4.69, 9.17) is 4.74 Å². The van der Waals surface area contributed by atoms with Gasteiger partial charge in [-0.2, -0.15) is 0 Å². The lowest BCUT2D eigenvalue weighted by Crippen LogP contribution is -2.26. The van der Waals surface area contributed by atoms with E-state index >= 15 is 0 Å². The van der Waals surface area contributed by atoms with Gasteiger partial charge in [0.15, 0.2) is 0 Å². The van der Waals surface area contributed by atoms with E-state index in [2.05, 4.69) is 10.3 Å². The highest BCUT2D eigenvalue weighted by Gasteiger charge is 2.21. The summed E-state index contributed by atoms with van der Waals surface area (Å²) >= 11 is 0. The number of rotatable bonds is 4. The third-order valence-corrected chi connectivity index (χ3v) is 2.59. The van der Waals surface area contributed by atoms with Crippen molar-refractivity contribution in [3.8, 4) is 5.88 Å². The fourth-order valence-corrected chi connectivity index (χ4v) is 1.54. The summed E-state index contributed by atoms with van der Waals surface area (Å²) in [6, 6.07) is 1.47. The van der Waals surface area contributed by atoms with Crippen LogP contribution in [-0.2, 0) is 6.54 Å². The minimum absolute atomic E-state index is 0.276. The summed E-state index contributed by atoms with van der Waals surface area (Å²) in [5.41, 5.74) is 0.782. The van der Waals surface area contributed by atoms with E-state index < -0.39 is 0 Å². The first-order chi connectivity index (χ1) is 7.29. The Labute approximate surface area is 88.7 Å². The van der Waals surface area contributed by atoms with E-state index in [0.29, 0.717) is 12.4 Å². The van der Waals surface area contributed by atoms with Crippen LogP contribution < -0.4 is 10.1 Å². The van der Waals surface area contributed by atoms with E-state index in [1.807, 2.05) is 7.05 Å². The fraction of sp³-hybridized carbons (Fsp3) is 0.545. The Kier molecular flexibility index (Phi) is 3.16. The molecule has 1 aromatic rings. The average Bonchev–Trinajstić information content (AvgIpc) is 2.14. The fourth-order valence-electron chi connectivity index (χ4n) is 1.54. The molecule has 1 saturated carbocycles. The van der Waals surface area contributed by atoms with Gasteiger partial charge in [-0.3, -0.25) is 0 Å². The van der Waals surface area contributed by atoms with Crippen LogP contribution in [-0.4, -0.2) is 18.1 Å². The molecule has 0 saturated heterocycles. The van der Waals surface area contributed by atoms with Crippen molar-refractivity contribution < 1.29 is 9.13 Å². The summed E-state index contributed by atoms with van der Waals surface area (Å²) in [7, 11) is 1.82. The number of ether oxygens (including phenoxy) is 1. The highest BCUT2D eigenvalue weighted by Crippen LogP contribution is 2.26. The minimum Gasteiger partial charge on any atom is -0.474 e. The third-order valence-electron chi connectivity index (χ3n) is 2.59. The molecule has 1 N–H and O–H groups in total. The summed E-state index contributed by atoms with van der Waals surface area (Å²) in [5.74, 6) is 0.247. The Morgan fingerprint density at radius 2 is 2.40 bits per heavy atom. The van der Waals surface area contributed by atoms with Crippen molar-refractivity contribution in [3.05, 3.63) is 23.6 Å². The molecule has 3 nitrogen and oxygen atoms in total. The van der Waals surface area contributed by atoms with Crippen molar-refractivity contribution in [3.63, 3.8) is 0 Å². The summed E-state index contributed by atoms with van der Waals surface area (Å²) in [6.45, 7) is 0.576. The number of aromatic nitrogens is 1. The average molecular weight is 210 g/mol. The van der Waals surface area contributed by atoms with Crippen molar-refractivity contribution in [2.24, 2.45) is 0 Å². The molecular weight excluding hydrogens is 195 g/mol. The smallest absolute Gasteiger partial charge is 0.218 e. The van der Waals surface area contributed by atoms with Gasteiger partial charge in [-0.15, -0.1) is 0 Å². The van der Waals surface area contributed by atoms with E-state index in [-0.39, 0.29) is 11.9 Å². The van der Waals surface area contributed by atoms with Crippen molar-refractivity contribution >= 4 is 0 Å². The van der Waals surface area contributed by atoms with Crippen LogP contribution >= 0.6 is 0 Å². The van der Waals surface area contributed by atoms with Crippen LogP contribution in [0.15, 0.2) is 12.3 Å². The zero-order valence-electron chi connectivity index (χ0n) is 8.79. The van der Waals surface area contributed by atoms with Crippen LogP contribution in [0.1, 0.15) is 24.8 Å². The Morgan fingerprint density at radius 1 is 1.60 bits per heavy atom. The van der Waals surface area contributed by atoms with Crippen LogP contribution in [0, 0.1) is 5.82 Å². The molecule has 82 valence electrons. The van der Waals surface area contributed by atoms with Gasteiger partial charge < -0.3 is 10.1 Å². The molecule has 1 heterocycles. The predicted molar refractivity (Wildman–Crippen MR) is 55.2 cm³/mol. The summed E-state index contributed by atoms with van der Waals surface area (Å²) in [5, 5.41) is 2.97. The van der Waals surface area contributed by atoms with Crippen LogP contribution in [0.5, 0.6) is 5.88 Å². The number of nitrogens with one attached hydrogen (secondary N) is 1. The number of halogens is 1. The monoisotopic (exact) mass is 210 g/mol. The van der Waals surface area contributed by atoms with E-state index in [9.17, 15) is 4.39 Å². The number of hydrogen-bond donors (Lipinski definition) is 1. The number of hydrogen-bond acceptors (Lipinski definition) is 3. The van der Waals surface area contributed by atoms with E-state index in [1.54, 1.807) is 0 Å². The molecule has 0 bridgehead atoms. The van der Waals surface area contributed by atoms with Crippen molar-refractivity contribution in [2.45, 2.75) is 31.9 Å².